The predicted molar refractivity (Wildman–Crippen MR) is 111 cm³/mol. The lowest BCUT2D eigenvalue weighted by Gasteiger charge is -2.10. The summed E-state index contributed by atoms with van der Waals surface area (Å²) in [5.74, 6) is 0.407. The van der Waals surface area contributed by atoms with Gasteiger partial charge in [-0.05, 0) is 35.9 Å². The maximum absolute atomic E-state index is 12.1. The molecule has 0 fully saturated rings. The summed E-state index contributed by atoms with van der Waals surface area (Å²) < 4.78 is 9.18. The van der Waals surface area contributed by atoms with Crippen LogP contribution in [0.15, 0.2) is 53.1 Å². The van der Waals surface area contributed by atoms with Crippen LogP contribution in [0.5, 0.6) is 0 Å². The molecule has 0 saturated heterocycles. The number of aliphatic hydroxyl groups excluding tert-OH is 1. The zero-order valence-corrected chi connectivity index (χ0v) is 16.5. The fourth-order valence-electron chi connectivity index (χ4n) is 2.81. The van der Waals surface area contributed by atoms with Gasteiger partial charge < -0.3 is 21.3 Å². The van der Waals surface area contributed by atoms with Crippen molar-refractivity contribution in [2.45, 2.75) is 19.6 Å². The first-order valence-electron chi connectivity index (χ1n) is 8.65. The van der Waals surface area contributed by atoms with Gasteiger partial charge in [0.15, 0.2) is 0 Å². The molecule has 1 unspecified atom stereocenters. The van der Waals surface area contributed by atoms with E-state index in [-0.39, 0.29) is 24.1 Å². The van der Waals surface area contributed by atoms with Gasteiger partial charge in [0, 0.05) is 24.9 Å². The van der Waals surface area contributed by atoms with E-state index >= 15 is 0 Å². The van der Waals surface area contributed by atoms with Crippen molar-refractivity contribution in [1.29, 1.82) is 0 Å². The first kappa shape index (κ1) is 19.9. The van der Waals surface area contributed by atoms with Crippen LogP contribution in [0.3, 0.4) is 0 Å². The lowest BCUT2D eigenvalue weighted by atomic mass is 9.98. The first-order valence-corrected chi connectivity index (χ1v) is 9.47. The third kappa shape index (κ3) is 4.01. The monoisotopic (exact) mass is 401 g/mol. The lowest BCUT2D eigenvalue weighted by molar-refractivity contribution is 0.133. The van der Waals surface area contributed by atoms with Crippen LogP contribution in [0.1, 0.15) is 24.1 Å². The lowest BCUT2D eigenvalue weighted by Crippen LogP contribution is -2.13. The Hall–Kier alpha value is -2.88. The second kappa shape index (κ2) is 8.42. The third-order valence-corrected chi connectivity index (χ3v) is 5.36. The molecule has 0 bridgehead atoms. The molecule has 9 heteroatoms. The molecule has 1 atom stereocenters. The number of thiazole rings is 1. The van der Waals surface area contributed by atoms with Gasteiger partial charge >= 0.3 is 4.87 Å². The Morgan fingerprint density at radius 1 is 1.36 bits per heavy atom. The average Bonchev–Trinajstić information content (AvgIpc) is 3.30. The fourth-order valence-corrected chi connectivity index (χ4v) is 3.74. The van der Waals surface area contributed by atoms with Gasteiger partial charge in [0.1, 0.15) is 12.6 Å². The highest BCUT2D eigenvalue weighted by molar-refractivity contribution is 7.16. The molecule has 0 radical (unpaired) electrons. The van der Waals surface area contributed by atoms with E-state index in [1.807, 2.05) is 31.2 Å². The maximum Gasteiger partial charge on any atom is 0.310 e. The fraction of sp³-hybridized carbons (Fsp3) is 0.263. The number of rotatable bonds is 7. The molecule has 148 valence electrons. The summed E-state index contributed by atoms with van der Waals surface area (Å²) >= 11 is 1.20. The summed E-state index contributed by atoms with van der Waals surface area (Å²) in [5.41, 5.74) is 14.6. The van der Waals surface area contributed by atoms with Gasteiger partial charge in [0.2, 0.25) is 0 Å². The van der Waals surface area contributed by atoms with E-state index in [0.717, 1.165) is 21.5 Å². The number of nitrogens with zero attached hydrogens (tertiary/aromatic N) is 3. The van der Waals surface area contributed by atoms with Crippen LogP contribution in [-0.2, 0) is 11.5 Å². The molecule has 0 spiro atoms. The summed E-state index contributed by atoms with van der Waals surface area (Å²) in [6.07, 6.45) is 4.91. The molecular weight excluding hydrogens is 378 g/mol. The van der Waals surface area contributed by atoms with Gasteiger partial charge in [-0.1, -0.05) is 24.3 Å². The van der Waals surface area contributed by atoms with Crippen molar-refractivity contribution < 1.29 is 9.84 Å². The van der Waals surface area contributed by atoms with Gasteiger partial charge in [-0.2, -0.15) is 5.10 Å². The minimum Gasteiger partial charge on any atom is -0.400 e. The van der Waals surface area contributed by atoms with Crippen molar-refractivity contribution in [2.24, 2.45) is 11.5 Å². The van der Waals surface area contributed by atoms with Gasteiger partial charge in [-0.25, -0.2) is 4.68 Å². The van der Waals surface area contributed by atoms with E-state index < -0.39 is 0 Å². The molecule has 3 rings (SSSR count). The van der Waals surface area contributed by atoms with E-state index in [1.165, 1.54) is 11.3 Å². The first-order chi connectivity index (χ1) is 13.4. The minimum atomic E-state index is -0.230. The molecule has 0 aliphatic carbocycles. The third-order valence-electron chi connectivity index (χ3n) is 4.42. The smallest absolute Gasteiger partial charge is 0.310 e. The van der Waals surface area contributed by atoms with E-state index in [2.05, 4.69) is 5.10 Å². The number of ether oxygens (including phenoxy) is 1. The topological polar surface area (TPSA) is 121 Å². The molecular formula is C19H23N5O3S. The van der Waals surface area contributed by atoms with E-state index in [4.69, 9.17) is 21.3 Å². The second-order valence-corrected chi connectivity index (χ2v) is 7.33. The molecule has 5 N–H and O–H groups in total. The van der Waals surface area contributed by atoms with Crippen molar-refractivity contribution in [3.8, 4) is 0 Å². The van der Waals surface area contributed by atoms with Crippen LogP contribution >= 0.6 is 11.3 Å². The minimum absolute atomic E-state index is 0.0181. The molecule has 0 amide bonds. The number of allylic oxidation sites excluding steroid dienone is 2. The largest absolute Gasteiger partial charge is 0.400 e. The molecule has 0 aliphatic heterocycles. The number of hydrogen-bond acceptors (Lipinski definition) is 7. The van der Waals surface area contributed by atoms with Crippen LogP contribution in [0.4, 0.5) is 0 Å². The van der Waals surface area contributed by atoms with Crippen molar-refractivity contribution in [3.05, 3.63) is 69.2 Å². The predicted octanol–water partition coefficient (Wildman–Crippen LogP) is 1.61. The van der Waals surface area contributed by atoms with E-state index in [9.17, 15) is 4.79 Å². The van der Waals surface area contributed by atoms with Crippen molar-refractivity contribution in [3.63, 3.8) is 0 Å². The van der Waals surface area contributed by atoms with Crippen LogP contribution in [0.25, 0.3) is 16.0 Å². The van der Waals surface area contributed by atoms with Gasteiger partial charge in [0.05, 0.1) is 22.5 Å². The Morgan fingerprint density at radius 2 is 2.14 bits per heavy atom. The quantitative estimate of drug-likeness (QED) is 0.517. The molecule has 28 heavy (non-hydrogen) atoms. The molecule has 1 aromatic carbocycles. The Morgan fingerprint density at radius 3 is 2.86 bits per heavy atom. The molecule has 3 aromatic rings. The maximum atomic E-state index is 12.1. The van der Waals surface area contributed by atoms with Crippen LogP contribution in [-0.4, -0.2) is 33.2 Å². The van der Waals surface area contributed by atoms with Crippen molar-refractivity contribution in [1.82, 2.24) is 14.3 Å². The van der Waals surface area contributed by atoms with Crippen molar-refractivity contribution >= 4 is 27.4 Å². The zero-order chi connectivity index (χ0) is 20.3. The Kier molecular flexibility index (Phi) is 5.98. The molecule has 2 heterocycles. The number of hydrogen-bond donors (Lipinski definition) is 3. The Labute approximate surface area is 166 Å². The standard InChI is InChI=1S/C19H23N5O3S/c1-12(15-7-8-24(22-15)18(21)6-4-14(20)10-25)13-3-5-16-17(9-13)28-19(26)23(16)11-27-2/h3-9,12,25H,10-11,20-21H2,1-2H3/b14-4-,18-6+. The van der Waals surface area contributed by atoms with Gasteiger partial charge in [-0.15, -0.1) is 0 Å². The van der Waals surface area contributed by atoms with E-state index in [1.54, 1.807) is 34.7 Å². The average molecular weight is 401 g/mol. The van der Waals surface area contributed by atoms with Crippen LogP contribution in [0.2, 0.25) is 0 Å². The molecule has 8 nitrogen and oxygen atoms in total. The number of aromatic nitrogens is 3. The van der Waals surface area contributed by atoms with Gasteiger partial charge in [0.25, 0.3) is 0 Å². The normalized spacial score (nSPS) is 14.0. The molecule has 0 saturated carbocycles. The highest BCUT2D eigenvalue weighted by Gasteiger charge is 2.15. The Bertz CT molecular complexity index is 1090. The number of benzene rings is 1. The Balaban J connectivity index is 1.87. The second-order valence-electron chi connectivity index (χ2n) is 6.34. The van der Waals surface area contributed by atoms with E-state index in [0.29, 0.717) is 11.5 Å². The summed E-state index contributed by atoms with van der Waals surface area (Å²) in [6, 6.07) is 7.84. The zero-order valence-electron chi connectivity index (χ0n) is 15.7. The molecule has 2 aromatic heterocycles. The highest BCUT2D eigenvalue weighted by Crippen LogP contribution is 2.27. The van der Waals surface area contributed by atoms with Crippen LogP contribution < -0.4 is 16.3 Å². The summed E-state index contributed by atoms with van der Waals surface area (Å²) in [5, 5.41) is 13.5. The molecule has 0 aliphatic rings. The summed E-state index contributed by atoms with van der Waals surface area (Å²) in [7, 11) is 1.57. The SMILES string of the molecule is COCn1c(=O)sc2cc(C(C)c3ccn(/C(N)=C/C=C(\N)CO)n3)ccc21. The van der Waals surface area contributed by atoms with Gasteiger partial charge in [-0.3, -0.25) is 9.36 Å². The highest BCUT2D eigenvalue weighted by atomic mass is 32.1. The summed E-state index contributed by atoms with van der Waals surface area (Å²) in [6.45, 7) is 2.05. The number of methoxy groups -OCH3 is 1. The number of aliphatic hydroxyl groups is 1. The number of nitrogens with two attached hydrogens (primary N) is 2. The van der Waals surface area contributed by atoms with Crippen molar-refractivity contribution in [2.75, 3.05) is 13.7 Å². The number of fused-ring (bicyclic) bond motifs is 1. The van der Waals surface area contributed by atoms with Crippen LogP contribution in [0, 0.1) is 0 Å². The summed E-state index contributed by atoms with van der Waals surface area (Å²) in [4.78, 5) is 12.1.